The molecule has 1 amide bonds. The number of hydrogen-bond acceptors (Lipinski definition) is 4. The molecule has 3 aromatic rings. The number of carboxylic acids is 1. The van der Waals surface area contributed by atoms with E-state index in [2.05, 4.69) is 5.32 Å². The van der Waals surface area contributed by atoms with Gasteiger partial charge >= 0.3 is 5.97 Å². The third-order valence-electron chi connectivity index (χ3n) is 6.08. The molecule has 33 heavy (non-hydrogen) atoms. The summed E-state index contributed by atoms with van der Waals surface area (Å²) < 4.78 is 38.8. The van der Waals surface area contributed by atoms with E-state index in [0.29, 0.717) is 36.6 Å². The Morgan fingerprint density at radius 1 is 1.18 bits per heavy atom. The summed E-state index contributed by atoms with van der Waals surface area (Å²) in [4.78, 5) is 24.1. The van der Waals surface area contributed by atoms with Crippen LogP contribution < -0.4 is 5.32 Å². The second-order valence-electron chi connectivity index (χ2n) is 8.49. The number of aliphatic carboxylic acids is 1. The van der Waals surface area contributed by atoms with Crippen molar-refractivity contribution in [3.8, 4) is 0 Å². The van der Waals surface area contributed by atoms with Crippen molar-refractivity contribution in [2.45, 2.75) is 49.6 Å². The maximum Gasteiger partial charge on any atom is 0.323 e. The van der Waals surface area contributed by atoms with Gasteiger partial charge in [0.2, 0.25) is 5.91 Å². The number of nitrogens with zero attached hydrogens (tertiary/aromatic N) is 1. The first-order valence-corrected chi connectivity index (χ1v) is 12.6. The highest BCUT2D eigenvalue weighted by Crippen LogP contribution is 2.33. The molecule has 0 fully saturated rings. The predicted octanol–water partition coefficient (Wildman–Crippen LogP) is 2.87. The molecule has 0 saturated heterocycles. The topological polar surface area (TPSA) is 105 Å². The fraction of sp³-hybridized carbons (Fsp3) is 0.333. The number of fused-ring (bicyclic) bond motifs is 3. The van der Waals surface area contributed by atoms with Gasteiger partial charge in [-0.1, -0.05) is 12.1 Å². The third-order valence-corrected chi connectivity index (χ3v) is 7.21. The van der Waals surface area contributed by atoms with Gasteiger partial charge in [-0.2, -0.15) is 0 Å². The van der Waals surface area contributed by atoms with Gasteiger partial charge < -0.3 is 15.0 Å². The molecule has 0 saturated carbocycles. The number of halogens is 1. The monoisotopic (exact) mass is 472 g/mol. The van der Waals surface area contributed by atoms with Crippen molar-refractivity contribution < 1.29 is 27.5 Å². The minimum absolute atomic E-state index is 0.115. The summed E-state index contributed by atoms with van der Waals surface area (Å²) in [6.45, 7) is -0.188. The van der Waals surface area contributed by atoms with Crippen LogP contribution in [-0.4, -0.2) is 42.3 Å². The zero-order valence-corrected chi connectivity index (χ0v) is 19.0. The number of nitrogens with one attached hydrogen (secondary N) is 1. The lowest BCUT2D eigenvalue weighted by Crippen LogP contribution is -2.39. The Hall–Kier alpha value is -3.20. The summed E-state index contributed by atoms with van der Waals surface area (Å²) in [5.41, 5.74) is 3.33. The van der Waals surface area contributed by atoms with Crippen molar-refractivity contribution in [1.82, 2.24) is 9.88 Å². The maximum absolute atomic E-state index is 13.9. The molecule has 1 unspecified atom stereocenters. The standard InChI is InChI=1S/C24H25FN2O5S/c1-33(31,32)18-7-2-15(3-8-18)4-11-23(28)26-17-6-10-22-20(13-17)19-12-16(25)5-9-21(19)27(22)14-24(29)30/h2-3,5,7-9,12,17H,4,6,10-11,13-14H2,1H3,(H,26,28)(H,29,30). The average Bonchev–Trinajstić information content (AvgIpc) is 3.04. The van der Waals surface area contributed by atoms with Crippen molar-refractivity contribution >= 4 is 32.6 Å². The Kier molecular flexibility index (Phi) is 6.25. The highest BCUT2D eigenvalue weighted by atomic mass is 32.2. The van der Waals surface area contributed by atoms with E-state index >= 15 is 0 Å². The van der Waals surface area contributed by atoms with Gasteiger partial charge in [0.05, 0.1) is 4.90 Å². The average molecular weight is 473 g/mol. The lowest BCUT2D eigenvalue weighted by molar-refractivity contribution is -0.137. The van der Waals surface area contributed by atoms with Crippen molar-refractivity contribution in [2.24, 2.45) is 0 Å². The number of aryl methyl sites for hydroxylation is 1. The van der Waals surface area contributed by atoms with Crippen LogP contribution in [0.3, 0.4) is 0 Å². The summed E-state index contributed by atoms with van der Waals surface area (Å²) in [7, 11) is -3.26. The largest absolute Gasteiger partial charge is 0.480 e. The molecule has 4 rings (SSSR count). The van der Waals surface area contributed by atoms with Crippen molar-refractivity contribution in [1.29, 1.82) is 0 Å². The smallest absolute Gasteiger partial charge is 0.323 e. The molecule has 0 spiro atoms. The molecule has 2 aromatic carbocycles. The highest BCUT2D eigenvalue weighted by Gasteiger charge is 2.27. The predicted molar refractivity (Wildman–Crippen MR) is 121 cm³/mol. The molecule has 0 aliphatic heterocycles. The lowest BCUT2D eigenvalue weighted by Gasteiger charge is -2.25. The molecule has 0 radical (unpaired) electrons. The summed E-state index contributed by atoms with van der Waals surface area (Å²) in [5, 5.41) is 13.0. The van der Waals surface area contributed by atoms with Gasteiger partial charge in [-0.3, -0.25) is 9.59 Å². The Labute approximate surface area is 191 Å². The van der Waals surface area contributed by atoms with Crippen LogP contribution in [0.4, 0.5) is 4.39 Å². The quantitative estimate of drug-likeness (QED) is 0.550. The van der Waals surface area contributed by atoms with Crippen LogP contribution in [-0.2, 0) is 45.2 Å². The molecule has 2 N–H and O–H groups in total. The van der Waals surface area contributed by atoms with Gasteiger partial charge in [-0.15, -0.1) is 0 Å². The van der Waals surface area contributed by atoms with Crippen molar-refractivity contribution in [2.75, 3.05) is 6.26 Å². The highest BCUT2D eigenvalue weighted by molar-refractivity contribution is 7.90. The molecular formula is C24H25FN2O5S. The Morgan fingerprint density at radius 3 is 2.58 bits per heavy atom. The molecule has 1 heterocycles. The lowest BCUT2D eigenvalue weighted by atomic mass is 9.91. The summed E-state index contributed by atoms with van der Waals surface area (Å²) in [6, 6.07) is 10.7. The molecule has 174 valence electrons. The van der Waals surface area contributed by atoms with Crippen LogP contribution in [0.25, 0.3) is 10.9 Å². The van der Waals surface area contributed by atoms with Gasteiger partial charge in [-0.05, 0) is 67.1 Å². The van der Waals surface area contributed by atoms with Crippen LogP contribution in [0.2, 0.25) is 0 Å². The third kappa shape index (κ3) is 5.08. The van der Waals surface area contributed by atoms with E-state index in [-0.39, 0.29) is 35.6 Å². The number of carbonyl (C=O) groups is 2. The van der Waals surface area contributed by atoms with Gasteiger partial charge in [0.25, 0.3) is 0 Å². The summed E-state index contributed by atoms with van der Waals surface area (Å²) in [6.07, 6.45) is 3.67. The summed E-state index contributed by atoms with van der Waals surface area (Å²) in [5.74, 6) is -1.46. The Morgan fingerprint density at radius 2 is 1.91 bits per heavy atom. The number of amides is 1. The normalized spacial score (nSPS) is 15.9. The van der Waals surface area contributed by atoms with Crippen LogP contribution >= 0.6 is 0 Å². The number of rotatable bonds is 7. The summed E-state index contributed by atoms with van der Waals surface area (Å²) >= 11 is 0. The van der Waals surface area contributed by atoms with Gasteiger partial charge in [0, 0.05) is 35.3 Å². The van der Waals surface area contributed by atoms with Crippen LogP contribution in [0.15, 0.2) is 47.4 Å². The molecular weight excluding hydrogens is 447 g/mol. The van der Waals surface area contributed by atoms with E-state index in [1.54, 1.807) is 22.8 Å². The first kappa shape index (κ1) is 23.0. The zero-order chi connectivity index (χ0) is 23.8. The minimum Gasteiger partial charge on any atom is -0.480 e. The van der Waals surface area contributed by atoms with E-state index in [1.807, 2.05) is 0 Å². The molecule has 1 aromatic heterocycles. The molecule has 0 bridgehead atoms. The fourth-order valence-corrected chi connectivity index (χ4v) is 5.15. The van der Waals surface area contributed by atoms with Gasteiger partial charge in [0.15, 0.2) is 9.84 Å². The SMILES string of the molecule is CS(=O)(=O)c1ccc(CCC(=O)NC2CCc3c(c4cc(F)ccc4n3CC(=O)O)C2)cc1. The number of carbonyl (C=O) groups excluding carboxylic acids is 1. The zero-order valence-electron chi connectivity index (χ0n) is 18.2. The molecule has 1 atom stereocenters. The number of sulfone groups is 1. The first-order valence-electron chi connectivity index (χ1n) is 10.7. The van der Waals surface area contributed by atoms with E-state index in [1.165, 1.54) is 24.3 Å². The maximum atomic E-state index is 13.9. The van der Waals surface area contributed by atoms with E-state index in [4.69, 9.17) is 0 Å². The molecule has 1 aliphatic rings. The Bertz CT molecular complexity index is 1330. The molecule has 1 aliphatic carbocycles. The van der Waals surface area contributed by atoms with Gasteiger partial charge in [-0.25, -0.2) is 12.8 Å². The van der Waals surface area contributed by atoms with Crippen LogP contribution in [0.1, 0.15) is 29.7 Å². The Balaban J connectivity index is 1.44. The number of hydrogen-bond donors (Lipinski definition) is 2. The molecule has 7 nitrogen and oxygen atoms in total. The fourth-order valence-electron chi connectivity index (χ4n) is 4.52. The first-order chi connectivity index (χ1) is 15.6. The minimum atomic E-state index is -3.26. The number of benzene rings is 2. The van der Waals surface area contributed by atoms with E-state index in [9.17, 15) is 27.5 Å². The van der Waals surface area contributed by atoms with Crippen LogP contribution in [0, 0.1) is 5.82 Å². The van der Waals surface area contributed by atoms with Crippen molar-refractivity contribution in [3.63, 3.8) is 0 Å². The number of aromatic nitrogens is 1. The van der Waals surface area contributed by atoms with Crippen molar-refractivity contribution in [3.05, 3.63) is 65.1 Å². The second-order valence-corrected chi connectivity index (χ2v) is 10.5. The number of carboxylic acid groups (broad SMARTS) is 1. The van der Waals surface area contributed by atoms with E-state index in [0.717, 1.165) is 23.1 Å². The van der Waals surface area contributed by atoms with E-state index < -0.39 is 15.8 Å². The van der Waals surface area contributed by atoms with Crippen LogP contribution in [0.5, 0.6) is 0 Å². The molecule has 9 heteroatoms. The second kappa shape index (κ2) is 8.97. The van der Waals surface area contributed by atoms with Gasteiger partial charge in [0.1, 0.15) is 12.4 Å².